The number of nitrogens with one attached hydrogen (secondary N) is 2. The van der Waals surface area contributed by atoms with E-state index in [1.807, 2.05) is 6.92 Å². The van der Waals surface area contributed by atoms with Crippen molar-refractivity contribution in [2.75, 3.05) is 17.1 Å². The standard InChI is InChI=1S/C25H25N5O6S3/c1-17-6-10-20(11-7-17)39(35,36)29-30-24(32)21-4-2-3-5-22(21)28-25(30)37-16-23(31)27-15-14-18-8-12-19(13-9-18)38(26,33)34/h2-13,29H,14-16H2,1H3,(H,27,31)(H2,26,33,34). The summed E-state index contributed by atoms with van der Waals surface area (Å²) in [4.78, 5) is 32.4. The summed E-state index contributed by atoms with van der Waals surface area (Å²) in [6.07, 6.45) is 0.441. The zero-order valence-corrected chi connectivity index (χ0v) is 23.1. The molecule has 1 amide bonds. The number of nitrogens with zero attached hydrogens (tertiary/aromatic N) is 2. The van der Waals surface area contributed by atoms with Crippen LogP contribution in [0.1, 0.15) is 11.1 Å². The van der Waals surface area contributed by atoms with Crippen LogP contribution >= 0.6 is 11.8 Å². The van der Waals surface area contributed by atoms with E-state index in [1.165, 1.54) is 30.3 Å². The van der Waals surface area contributed by atoms with E-state index in [0.717, 1.165) is 27.6 Å². The van der Waals surface area contributed by atoms with Gasteiger partial charge in [-0.3, -0.25) is 9.59 Å². The van der Waals surface area contributed by atoms with E-state index < -0.39 is 25.6 Å². The lowest BCUT2D eigenvalue weighted by atomic mass is 10.1. The summed E-state index contributed by atoms with van der Waals surface area (Å²) in [6.45, 7) is 2.09. The first kappa shape index (κ1) is 28.3. The number of fused-ring (bicyclic) bond motifs is 1. The Morgan fingerprint density at radius 2 is 1.59 bits per heavy atom. The monoisotopic (exact) mass is 587 g/mol. The van der Waals surface area contributed by atoms with E-state index in [9.17, 15) is 26.4 Å². The number of carbonyl (C=O) groups excluding carboxylic acids is 1. The molecule has 39 heavy (non-hydrogen) atoms. The van der Waals surface area contributed by atoms with Gasteiger partial charge in [-0.15, -0.1) is 0 Å². The first-order valence-electron chi connectivity index (χ1n) is 11.6. The van der Waals surface area contributed by atoms with Crippen molar-refractivity contribution in [2.24, 2.45) is 5.14 Å². The molecule has 1 aromatic heterocycles. The predicted molar refractivity (Wildman–Crippen MR) is 149 cm³/mol. The van der Waals surface area contributed by atoms with Gasteiger partial charge in [0.2, 0.25) is 15.9 Å². The number of amides is 1. The summed E-state index contributed by atoms with van der Waals surface area (Å²) in [5, 5.41) is 8.05. The normalized spacial score (nSPS) is 11.8. The van der Waals surface area contributed by atoms with Gasteiger partial charge in [-0.25, -0.2) is 23.4 Å². The van der Waals surface area contributed by atoms with Crippen LogP contribution in [0.4, 0.5) is 0 Å². The minimum atomic E-state index is -4.13. The van der Waals surface area contributed by atoms with Gasteiger partial charge in [-0.1, -0.05) is 53.7 Å². The maximum Gasteiger partial charge on any atom is 0.281 e. The number of primary sulfonamides is 1. The topological polar surface area (TPSA) is 170 Å². The average Bonchev–Trinajstić information content (AvgIpc) is 2.89. The third-order valence-corrected chi connectivity index (χ3v) is 8.79. The Balaban J connectivity index is 1.48. The summed E-state index contributed by atoms with van der Waals surface area (Å²) in [6, 6.07) is 18.7. The lowest BCUT2D eigenvalue weighted by Gasteiger charge is -2.15. The quantitative estimate of drug-likeness (QED) is 0.186. The van der Waals surface area contributed by atoms with Gasteiger partial charge < -0.3 is 5.32 Å². The van der Waals surface area contributed by atoms with Gasteiger partial charge in [0.15, 0.2) is 5.16 Å². The second-order valence-corrected chi connectivity index (χ2v) is 12.7. The second-order valence-electron chi connectivity index (χ2n) is 8.54. The number of carbonyl (C=O) groups is 1. The van der Waals surface area contributed by atoms with E-state index in [4.69, 9.17) is 5.14 Å². The van der Waals surface area contributed by atoms with Crippen LogP contribution in [0.15, 0.2) is 92.5 Å². The highest BCUT2D eigenvalue weighted by Gasteiger charge is 2.20. The molecule has 3 aromatic carbocycles. The molecular formula is C25H25N5O6S3. The van der Waals surface area contributed by atoms with E-state index in [1.54, 1.807) is 42.5 Å². The number of nitrogens with two attached hydrogens (primary N) is 1. The zero-order chi connectivity index (χ0) is 28.2. The number of sulfonamides is 2. The molecule has 0 unspecified atom stereocenters. The molecule has 0 atom stereocenters. The molecule has 0 spiro atoms. The summed E-state index contributed by atoms with van der Waals surface area (Å²) in [7, 11) is -7.91. The number of rotatable bonds is 10. The van der Waals surface area contributed by atoms with Gasteiger partial charge in [0.1, 0.15) is 0 Å². The van der Waals surface area contributed by atoms with Crippen molar-refractivity contribution in [3.05, 3.63) is 94.3 Å². The van der Waals surface area contributed by atoms with Crippen molar-refractivity contribution in [1.82, 2.24) is 15.0 Å². The molecule has 0 saturated heterocycles. The Kier molecular flexibility index (Phi) is 8.39. The predicted octanol–water partition coefficient (Wildman–Crippen LogP) is 1.74. The van der Waals surface area contributed by atoms with Gasteiger partial charge in [0, 0.05) is 6.54 Å². The lowest BCUT2D eigenvalue weighted by Crippen LogP contribution is -2.35. The largest absolute Gasteiger partial charge is 0.355 e. The molecule has 0 fully saturated rings. The van der Waals surface area contributed by atoms with Crippen LogP contribution in [0.2, 0.25) is 0 Å². The highest BCUT2D eigenvalue weighted by Crippen LogP contribution is 2.19. The number of thioether (sulfide) groups is 1. The summed E-state index contributed by atoms with van der Waals surface area (Å²) < 4.78 is 49.6. The third kappa shape index (κ3) is 7.03. The molecule has 11 nitrogen and oxygen atoms in total. The fourth-order valence-corrected chi connectivity index (χ4v) is 5.92. The molecule has 0 aliphatic rings. The molecule has 204 valence electrons. The Labute approximate surface area is 229 Å². The number of hydrogen-bond donors (Lipinski definition) is 3. The van der Waals surface area contributed by atoms with Crippen LogP contribution in [0.3, 0.4) is 0 Å². The number of hydrogen-bond acceptors (Lipinski definition) is 8. The SMILES string of the molecule is Cc1ccc(S(=O)(=O)Nn2c(SCC(=O)NCCc3ccc(S(N)(=O)=O)cc3)nc3ccccc3c2=O)cc1. The third-order valence-electron chi connectivity index (χ3n) is 5.61. The van der Waals surface area contributed by atoms with Gasteiger partial charge >= 0.3 is 0 Å². The Morgan fingerprint density at radius 1 is 0.949 bits per heavy atom. The van der Waals surface area contributed by atoms with Gasteiger partial charge in [-0.2, -0.15) is 13.1 Å². The molecule has 0 aliphatic heterocycles. The summed E-state index contributed by atoms with van der Waals surface area (Å²) >= 11 is 0.906. The minimum Gasteiger partial charge on any atom is -0.355 e. The average molecular weight is 588 g/mol. The first-order valence-corrected chi connectivity index (χ1v) is 15.6. The summed E-state index contributed by atoms with van der Waals surface area (Å²) in [5.41, 5.74) is 1.41. The highest BCUT2D eigenvalue weighted by molar-refractivity contribution is 7.99. The number of benzene rings is 3. The van der Waals surface area contributed by atoms with Crippen molar-refractivity contribution >= 4 is 48.6 Å². The van der Waals surface area contributed by atoms with Crippen molar-refractivity contribution in [3.63, 3.8) is 0 Å². The van der Waals surface area contributed by atoms with E-state index >= 15 is 0 Å². The Bertz CT molecular complexity index is 1790. The molecule has 0 aliphatic carbocycles. The number of aryl methyl sites for hydroxylation is 1. The Hall–Kier alpha value is -3.72. The first-order chi connectivity index (χ1) is 18.4. The van der Waals surface area contributed by atoms with E-state index in [2.05, 4.69) is 15.1 Å². The van der Waals surface area contributed by atoms with Gasteiger partial charge in [0.05, 0.1) is 26.4 Å². The molecule has 0 radical (unpaired) electrons. The minimum absolute atomic E-state index is 0.00128. The molecule has 4 aromatic rings. The summed E-state index contributed by atoms with van der Waals surface area (Å²) in [5.74, 6) is -0.502. The lowest BCUT2D eigenvalue weighted by molar-refractivity contribution is -0.118. The second kappa shape index (κ2) is 11.6. The van der Waals surface area contributed by atoms with Crippen molar-refractivity contribution in [1.29, 1.82) is 0 Å². The van der Waals surface area contributed by atoms with Crippen LogP contribution in [-0.4, -0.2) is 44.7 Å². The fourth-order valence-electron chi connectivity index (χ4n) is 3.55. The molecule has 0 bridgehead atoms. The number of para-hydroxylation sites is 1. The molecule has 0 saturated carbocycles. The van der Waals surface area contributed by atoms with Crippen LogP contribution in [-0.2, 0) is 31.3 Å². The van der Waals surface area contributed by atoms with Crippen molar-refractivity contribution < 1.29 is 21.6 Å². The zero-order valence-electron chi connectivity index (χ0n) is 20.7. The highest BCUT2D eigenvalue weighted by atomic mass is 32.2. The smallest absolute Gasteiger partial charge is 0.281 e. The maximum atomic E-state index is 13.2. The molecular weight excluding hydrogens is 563 g/mol. The molecule has 14 heteroatoms. The fraction of sp³-hybridized carbons (Fsp3) is 0.160. The molecule has 1 heterocycles. The van der Waals surface area contributed by atoms with E-state index in [-0.39, 0.29) is 38.5 Å². The van der Waals surface area contributed by atoms with Crippen LogP contribution in [0.5, 0.6) is 0 Å². The molecule has 4 rings (SSSR count). The Morgan fingerprint density at radius 3 is 2.26 bits per heavy atom. The van der Waals surface area contributed by atoms with Crippen molar-refractivity contribution in [3.8, 4) is 0 Å². The maximum absolute atomic E-state index is 13.2. The van der Waals surface area contributed by atoms with Gasteiger partial charge in [0.25, 0.3) is 15.6 Å². The van der Waals surface area contributed by atoms with Gasteiger partial charge in [-0.05, 0) is 55.3 Å². The van der Waals surface area contributed by atoms with Crippen LogP contribution < -0.4 is 20.8 Å². The van der Waals surface area contributed by atoms with E-state index in [0.29, 0.717) is 11.9 Å². The van der Waals surface area contributed by atoms with Crippen LogP contribution in [0, 0.1) is 6.92 Å². The molecule has 4 N–H and O–H groups in total. The van der Waals surface area contributed by atoms with Crippen molar-refractivity contribution in [2.45, 2.75) is 28.3 Å². The number of aromatic nitrogens is 2. The van der Waals surface area contributed by atoms with Crippen LogP contribution in [0.25, 0.3) is 10.9 Å².